The van der Waals surface area contributed by atoms with Crippen molar-refractivity contribution in [3.8, 4) is 11.8 Å². The molecule has 0 saturated carbocycles. The minimum atomic E-state index is -3.56. The number of nitrogens with zero attached hydrogens (tertiary/aromatic N) is 1. The molecule has 1 atom stereocenters. The number of piperidine rings is 1. The van der Waals surface area contributed by atoms with Crippen LogP contribution >= 0.6 is 0 Å². The van der Waals surface area contributed by atoms with Crippen LogP contribution in [0.15, 0.2) is 24.3 Å². The maximum absolute atomic E-state index is 12.4. The van der Waals surface area contributed by atoms with E-state index in [1.807, 2.05) is 0 Å². The van der Waals surface area contributed by atoms with E-state index in [-0.39, 0.29) is 6.61 Å². The van der Waals surface area contributed by atoms with E-state index in [0.29, 0.717) is 30.3 Å². The van der Waals surface area contributed by atoms with E-state index in [1.54, 1.807) is 24.3 Å². The van der Waals surface area contributed by atoms with Gasteiger partial charge in [0.25, 0.3) is 0 Å². The van der Waals surface area contributed by atoms with Crippen molar-refractivity contribution >= 4 is 15.9 Å². The topological polar surface area (TPSA) is 69.6 Å². The lowest BCUT2D eigenvalue weighted by Crippen LogP contribution is -2.42. The van der Waals surface area contributed by atoms with Crippen molar-refractivity contribution in [3.63, 3.8) is 0 Å². The van der Waals surface area contributed by atoms with Crippen LogP contribution in [0, 0.1) is 17.8 Å². The molecule has 1 aliphatic rings. The predicted octanol–water partition coefficient (Wildman–Crippen LogP) is 1.42. The van der Waals surface area contributed by atoms with Gasteiger partial charge in [0.15, 0.2) is 0 Å². The first-order chi connectivity index (χ1) is 10.0. The van der Waals surface area contributed by atoms with Gasteiger partial charge in [0.05, 0.1) is 5.69 Å². The largest absolute Gasteiger partial charge is 0.384 e. The maximum atomic E-state index is 12.4. The van der Waals surface area contributed by atoms with E-state index in [0.717, 1.165) is 12.8 Å². The number of hydrogen-bond donors (Lipinski definition) is 2. The first-order valence-corrected chi connectivity index (χ1v) is 8.43. The molecule has 114 valence electrons. The Morgan fingerprint density at radius 3 is 2.90 bits per heavy atom. The van der Waals surface area contributed by atoms with Crippen LogP contribution in [0.3, 0.4) is 0 Å². The molecule has 1 aromatic rings. The molecule has 1 saturated heterocycles. The van der Waals surface area contributed by atoms with Gasteiger partial charge < -0.3 is 5.11 Å². The standard InChI is InChI=1S/C15H20N2O3S/c1-13-6-4-10-17(12-13)21(19,20)16-15-9-3-2-7-14(15)8-5-11-18/h2-3,7,9,13,16,18H,4,6,10-12H2,1H3. The average molecular weight is 308 g/mol. The molecule has 0 bridgehead atoms. The van der Waals surface area contributed by atoms with Crippen molar-refractivity contribution in [3.05, 3.63) is 29.8 Å². The van der Waals surface area contributed by atoms with E-state index in [1.165, 1.54) is 4.31 Å². The highest BCUT2D eigenvalue weighted by Gasteiger charge is 2.27. The first kappa shape index (κ1) is 15.8. The smallest absolute Gasteiger partial charge is 0.301 e. The lowest BCUT2D eigenvalue weighted by Gasteiger charge is -2.30. The van der Waals surface area contributed by atoms with Crippen LogP contribution in [0.1, 0.15) is 25.3 Å². The SMILES string of the molecule is CC1CCCN(S(=O)(=O)Nc2ccccc2C#CCO)C1. The van der Waals surface area contributed by atoms with E-state index >= 15 is 0 Å². The third-order valence-corrected chi connectivity index (χ3v) is 4.92. The number of aliphatic hydroxyl groups excluding tert-OH is 1. The minimum absolute atomic E-state index is 0.259. The Bertz CT molecular complexity index is 646. The zero-order valence-electron chi connectivity index (χ0n) is 12.0. The number of para-hydroxylation sites is 1. The molecule has 0 radical (unpaired) electrons. The summed E-state index contributed by atoms with van der Waals surface area (Å²) in [6.45, 7) is 2.89. The fraction of sp³-hybridized carbons (Fsp3) is 0.467. The predicted molar refractivity (Wildman–Crippen MR) is 82.9 cm³/mol. The summed E-state index contributed by atoms with van der Waals surface area (Å²) in [5.74, 6) is 5.66. The molecule has 0 aromatic heterocycles. The molecule has 1 aliphatic heterocycles. The van der Waals surface area contributed by atoms with Crippen LogP contribution in [0.4, 0.5) is 5.69 Å². The Balaban J connectivity index is 2.20. The van der Waals surface area contributed by atoms with Crippen molar-refractivity contribution < 1.29 is 13.5 Å². The summed E-state index contributed by atoms with van der Waals surface area (Å²) >= 11 is 0. The second kappa shape index (κ2) is 6.94. The summed E-state index contributed by atoms with van der Waals surface area (Å²) in [4.78, 5) is 0. The van der Waals surface area contributed by atoms with Crippen molar-refractivity contribution in [2.45, 2.75) is 19.8 Å². The molecular weight excluding hydrogens is 288 g/mol. The van der Waals surface area contributed by atoms with Gasteiger partial charge in [-0.05, 0) is 30.9 Å². The quantitative estimate of drug-likeness (QED) is 0.830. The molecule has 1 unspecified atom stereocenters. The fourth-order valence-corrected chi connectivity index (χ4v) is 3.79. The highest BCUT2D eigenvalue weighted by molar-refractivity contribution is 7.90. The molecule has 1 heterocycles. The average Bonchev–Trinajstić information content (AvgIpc) is 2.46. The summed E-state index contributed by atoms with van der Waals surface area (Å²) in [6, 6.07) is 6.93. The third kappa shape index (κ3) is 4.21. The fourth-order valence-electron chi connectivity index (χ4n) is 2.38. The Morgan fingerprint density at radius 2 is 2.19 bits per heavy atom. The van der Waals surface area contributed by atoms with E-state index in [9.17, 15) is 8.42 Å². The second-order valence-corrected chi connectivity index (χ2v) is 6.89. The van der Waals surface area contributed by atoms with Gasteiger partial charge in [-0.1, -0.05) is 30.9 Å². The van der Waals surface area contributed by atoms with Crippen LogP contribution in [-0.4, -0.2) is 37.5 Å². The summed E-state index contributed by atoms with van der Waals surface area (Å²) < 4.78 is 29.0. The number of hydrogen-bond acceptors (Lipinski definition) is 3. The van der Waals surface area contributed by atoms with Crippen molar-refractivity contribution in [1.29, 1.82) is 0 Å². The molecular formula is C15H20N2O3S. The molecule has 0 spiro atoms. The Morgan fingerprint density at radius 1 is 1.43 bits per heavy atom. The summed E-state index contributed by atoms with van der Waals surface area (Å²) in [6.07, 6.45) is 1.94. The van der Waals surface area contributed by atoms with Crippen molar-refractivity contribution in [1.82, 2.24) is 4.31 Å². The molecule has 2 rings (SSSR count). The number of nitrogens with one attached hydrogen (secondary N) is 1. The normalized spacial score (nSPS) is 19.6. The van der Waals surface area contributed by atoms with Gasteiger partial charge in [-0.3, -0.25) is 4.72 Å². The van der Waals surface area contributed by atoms with Crippen LogP contribution in [0.25, 0.3) is 0 Å². The van der Waals surface area contributed by atoms with Gasteiger partial charge in [-0.15, -0.1) is 0 Å². The number of rotatable bonds is 3. The summed E-state index contributed by atoms with van der Waals surface area (Å²) in [5, 5.41) is 8.76. The lowest BCUT2D eigenvalue weighted by molar-refractivity contribution is 0.282. The number of anilines is 1. The van der Waals surface area contributed by atoms with Gasteiger partial charge >= 0.3 is 10.2 Å². The van der Waals surface area contributed by atoms with Crippen LogP contribution < -0.4 is 4.72 Å². The third-order valence-electron chi connectivity index (χ3n) is 3.43. The van der Waals surface area contributed by atoms with Gasteiger partial charge in [0.1, 0.15) is 6.61 Å². The van der Waals surface area contributed by atoms with Crippen molar-refractivity contribution in [2.75, 3.05) is 24.4 Å². The van der Waals surface area contributed by atoms with Crippen LogP contribution in [0.5, 0.6) is 0 Å². The van der Waals surface area contributed by atoms with Gasteiger partial charge in [-0.25, -0.2) is 0 Å². The van der Waals surface area contributed by atoms with E-state index < -0.39 is 10.2 Å². The summed E-state index contributed by atoms with van der Waals surface area (Å²) in [7, 11) is -3.56. The van der Waals surface area contributed by atoms with Crippen LogP contribution in [-0.2, 0) is 10.2 Å². The molecule has 5 nitrogen and oxygen atoms in total. The van der Waals surface area contributed by atoms with Gasteiger partial charge in [-0.2, -0.15) is 12.7 Å². The Kier molecular flexibility index (Phi) is 5.23. The second-order valence-electron chi connectivity index (χ2n) is 5.22. The highest BCUT2D eigenvalue weighted by Crippen LogP contribution is 2.21. The molecule has 1 fully saturated rings. The zero-order chi connectivity index (χ0) is 15.3. The van der Waals surface area contributed by atoms with E-state index in [4.69, 9.17) is 5.11 Å². The van der Waals surface area contributed by atoms with Crippen LogP contribution in [0.2, 0.25) is 0 Å². The molecule has 2 N–H and O–H groups in total. The number of aliphatic hydroxyl groups is 1. The molecule has 6 heteroatoms. The Labute approximate surface area is 126 Å². The van der Waals surface area contributed by atoms with E-state index in [2.05, 4.69) is 23.5 Å². The maximum Gasteiger partial charge on any atom is 0.301 e. The molecule has 1 aromatic carbocycles. The highest BCUT2D eigenvalue weighted by atomic mass is 32.2. The molecule has 21 heavy (non-hydrogen) atoms. The number of benzene rings is 1. The molecule has 0 aliphatic carbocycles. The lowest BCUT2D eigenvalue weighted by atomic mass is 10.0. The molecule has 0 amide bonds. The van der Waals surface area contributed by atoms with Crippen molar-refractivity contribution in [2.24, 2.45) is 5.92 Å². The summed E-state index contributed by atoms with van der Waals surface area (Å²) in [5.41, 5.74) is 0.997. The monoisotopic (exact) mass is 308 g/mol. The minimum Gasteiger partial charge on any atom is -0.384 e. The van der Waals surface area contributed by atoms with Gasteiger partial charge in [0, 0.05) is 18.7 Å². The van der Waals surface area contributed by atoms with Gasteiger partial charge in [0.2, 0.25) is 0 Å². The first-order valence-electron chi connectivity index (χ1n) is 6.99. The zero-order valence-corrected chi connectivity index (χ0v) is 12.9. The Hall–Kier alpha value is -1.55.